The van der Waals surface area contributed by atoms with Crippen molar-refractivity contribution in [1.29, 1.82) is 0 Å². The van der Waals surface area contributed by atoms with Gasteiger partial charge in [0, 0.05) is 25.7 Å². The van der Waals surface area contributed by atoms with Gasteiger partial charge in [-0.2, -0.15) is 0 Å². The number of rotatable bonds is 10. The summed E-state index contributed by atoms with van der Waals surface area (Å²) in [6.07, 6.45) is 3.08. The molecule has 0 aromatic heterocycles. The van der Waals surface area contributed by atoms with Crippen LogP contribution in [0.4, 0.5) is 4.79 Å². The lowest BCUT2D eigenvalue weighted by atomic mass is 9.68. The van der Waals surface area contributed by atoms with Gasteiger partial charge in [0.05, 0.1) is 5.41 Å². The second-order valence-electron chi connectivity index (χ2n) is 8.72. The maximum absolute atomic E-state index is 13.1. The van der Waals surface area contributed by atoms with E-state index in [0.29, 0.717) is 12.3 Å². The minimum Gasteiger partial charge on any atom is -0.414 e. The molecule has 0 heterocycles. The van der Waals surface area contributed by atoms with E-state index >= 15 is 0 Å². The van der Waals surface area contributed by atoms with Crippen molar-refractivity contribution < 1.29 is 9.53 Å². The Morgan fingerprint density at radius 3 is 1.94 bits per heavy atom. The number of hydrogen-bond acceptors (Lipinski definition) is 4. The molecular formula is C27H39N3O2. The van der Waals surface area contributed by atoms with Crippen LogP contribution in [0.25, 0.3) is 0 Å². The maximum Gasteiger partial charge on any atom is 0.414 e. The Morgan fingerprint density at radius 2 is 1.53 bits per heavy atom. The fraction of sp³-hybridized carbons (Fsp3) is 0.444. The van der Waals surface area contributed by atoms with Gasteiger partial charge in [0.1, 0.15) is 5.76 Å². The monoisotopic (exact) mass is 437 g/mol. The van der Waals surface area contributed by atoms with Gasteiger partial charge in [0.15, 0.2) is 0 Å². The molecule has 0 fully saturated rings. The summed E-state index contributed by atoms with van der Waals surface area (Å²) in [7, 11) is 5.89. The fourth-order valence-corrected chi connectivity index (χ4v) is 3.98. The number of amides is 1. The Balaban J connectivity index is 2.60. The lowest BCUT2D eigenvalue weighted by molar-refractivity contribution is 0.120. The number of carbonyl (C=O) groups excluding carboxylic acids is 1. The van der Waals surface area contributed by atoms with Crippen LogP contribution in [0.3, 0.4) is 0 Å². The number of likely N-dealkylation sites (N-methyl/N-ethyl adjacent to an activating group) is 1. The lowest BCUT2D eigenvalue weighted by Gasteiger charge is -2.40. The summed E-state index contributed by atoms with van der Waals surface area (Å²) < 4.78 is 6.14. The number of nitrogens with two attached hydrogens (primary N) is 1. The van der Waals surface area contributed by atoms with Crippen molar-refractivity contribution in [2.45, 2.75) is 51.1 Å². The Labute approximate surface area is 193 Å². The van der Waals surface area contributed by atoms with Crippen molar-refractivity contribution in [2.24, 2.45) is 5.73 Å². The third-order valence-corrected chi connectivity index (χ3v) is 6.24. The van der Waals surface area contributed by atoms with Gasteiger partial charge in [0.25, 0.3) is 0 Å². The van der Waals surface area contributed by atoms with E-state index in [-0.39, 0.29) is 12.1 Å². The van der Waals surface area contributed by atoms with Crippen LogP contribution in [0.2, 0.25) is 0 Å². The van der Waals surface area contributed by atoms with Gasteiger partial charge in [-0.1, -0.05) is 67.6 Å². The summed E-state index contributed by atoms with van der Waals surface area (Å²) >= 11 is 0. The largest absolute Gasteiger partial charge is 0.414 e. The van der Waals surface area contributed by atoms with Crippen molar-refractivity contribution in [3.8, 4) is 0 Å². The van der Waals surface area contributed by atoms with Gasteiger partial charge in [-0.25, -0.2) is 4.79 Å². The Morgan fingerprint density at radius 1 is 1.03 bits per heavy atom. The zero-order valence-electron chi connectivity index (χ0n) is 20.4. The molecule has 5 heteroatoms. The van der Waals surface area contributed by atoms with Gasteiger partial charge in [-0.15, -0.1) is 0 Å². The third-order valence-electron chi connectivity index (χ3n) is 6.24. The number of allylic oxidation sites excluding steroid dienone is 2. The van der Waals surface area contributed by atoms with Crippen LogP contribution in [-0.2, 0) is 10.2 Å². The van der Waals surface area contributed by atoms with Crippen LogP contribution in [0.15, 0.2) is 72.5 Å². The Kier molecular flexibility index (Phi) is 9.48. The molecule has 5 nitrogen and oxygen atoms in total. The molecule has 1 amide bonds. The predicted octanol–water partition coefficient (Wildman–Crippen LogP) is 5.02. The second kappa shape index (κ2) is 11.8. The first kappa shape index (κ1) is 25.6. The van der Waals surface area contributed by atoms with Crippen LogP contribution >= 0.6 is 0 Å². The molecule has 0 bridgehead atoms. The minimum absolute atomic E-state index is 0.0802. The van der Waals surface area contributed by atoms with Crippen molar-refractivity contribution in [2.75, 3.05) is 27.7 Å². The molecule has 0 spiro atoms. The van der Waals surface area contributed by atoms with Crippen molar-refractivity contribution in [1.82, 2.24) is 9.80 Å². The van der Waals surface area contributed by atoms with Crippen molar-refractivity contribution >= 4 is 6.09 Å². The van der Waals surface area contributed by atoms with Gasteiger partial charge < -0.3 is 20.3 Å². The molecule has 32 heavy (non-hydrogen) atoms. The zero-order chi connectivity index (χ0) is 23.7. The summed E-state index contributed by atoms with van der Waals surface area (Å²) in [5, 5.41) is 0. The highest BCUT2D eigenvalue weighted by atomic mass is 16.6. The minimum atomic E-state index is -0.621. The van der Waals surface area contributed by atoms with Crippen molar-refractivity contribution in [3.05, 3.63) is 83.6 Å². The highest BCUT2D eigenvalue weighted by Crippen LogP contribution is 2.44. The van der Waals surface area contributed by atoms with E-state index in [9.17, 15) is 4.79 Å². The highest BCUT2D eigenvalue weighted by Gasteiger charge is 2.42. The molecule has 2 rings (SSSR count). The van der Waals surface area contributed by atoms with E-state index in [1.165, 1.54) is 0 Å². The molecular weight excluding hydrogens is 398 g/mol. The smallest absolute Gasteiger partial charge is 0.414 e. The third kappa shape index (κ3) is 5.99. The number of hydrogen-bond donors (Lipinski definition) is 1. The van der Waals surface area contributed by atoms with Crippen LogP contribution in [0, 0.1) is 0 Å². The SMILES string of the molecule is C/C=C(/OC(=O)N(C)CC(N)CC)C(CC(C)N(C)C)(c1ccccc1)c1ccccc1. The van der Waals surface area contributed by atoms with Gasteiger partial charge >= 0.3 is 6.09 Å². The zero-order valence-corrected chi connectivity index (χ0v) is 20.4. The molecule has 0 radical (unpaired) electrons. The van der Waals surface area contributed by atoms with Gasteiger partial charge in [-0.05, 0) is 58.0 Å². The van der Waals surface area contributed by atoms with E-state index in [4.69, 9.17) is 10.5 Å². The number of benzene rings is 2. The fourth-order valence-electron chi connectivity index (χ4n) is 3.98. The standard InChI is InChI=1S/C27H39N3O2/c1-7-24(28)20-30(6)26(31)32-25(8-2)27(19-21(3)29(4)5,22-15-11-9-12-16-22)23-17-13-10-14-18-23/h8-18,21,24H,7,19-20,28H2,1-6H3/b25-8+. The molecule has 2 unspecified atom stereocenters. The van der Waals surface area contributed by atoms with Crippen LogP contribution in [-0.4, -0.2) is 55.7 Å². The molecule has 2 N–H and O–H groups in total. The van der Waals surface area contributed by atoms with Crippen LogP contribution < -0.4 is 5.73 Å². The van der Waals surface area contributed by atoms with Gasteiger partial charge in [-0.3, -0.25) is 0 Å². The quantitative estimate of drug-likeness (QED) is 0.530. The van der Waals surface area contributed by atoms with E-state index < -0.39 is 11.5 Å². The lowest BCUT2D eigenvalue weighted by Crippen LogP contribution is -2.42. The highest BCUT2D eigenvalue weighted by molar-refractivity contribution is 5.69. The normalized spacial score (nSPS) is 14.2. The predicted molar refractivity (Wildman–Crippen MR) is 133 cm³/mol. The van der Waals surface area contributed by atoms with Crippen LogP contribution in [0.1, 0.15) is 44.7 Å². The van der Waals surface area contributed by atoms with Crippen LogP contribution in [0.5, 0.6) is 0 Å². The first-order valence-electron chi connectivity index (χ1n) is 11.4. The van der Waals surface area contributed by atoms with Crippen molar-refractivity contribution in [3.63, 3.8) is 0 Å². The maximum atomic E-state index is 13.1. The molecule has 174 valence electrons. The summed E-state index contributed by atoms with van der Waals surface area (Å²) in [6, 6.07) is 20.8. The molecule has 0 saturated heterocycles. The van der Waals surface area contributed by atoms with E-state index in [1.807, 2.05) is 56.3 Å². The Bertz CT molecular complexity index is 825. The second-order valence-corrected chi connectivity index (χ2v) is 8.72. The number of carbonyl (C=O) groups is 1. The summed E-state index contributed by atoms with van der Waals surface area (Å²) in [4.78, 5) is 16.8. The van der Waals surface area contributed by atoms with E-state index in [1.54, 1.807) is 11.9 Å². The number of nitrogens with zero attached hydrogens (tertiary/aromatic N) is 2. The summed E-state index contributed by atoms with van der Waals surface area (Å²) in [5.41, 5.74) is 7.63. The molecule has 0 saturated carbocycles. The molecule has 0 aliphatic heterocycles. The average molecular weight is 438 g/mol. The average Bonchev–Trinajstić information content (AvgIpc) is 2.81. The molecule has 0 aliphatic carbocycles. The molecule has 2 aromatic rings. The summed E-state index contributed by atoms with van der Waals surface area (Å²) in [6.45, 7) is 6.59. The first-order chi connectivity index (χ1) is 15.3. The number of ether oxygens (including phenoxy) is 1. The van der Waals surface area contributed by atoms with E-state index in [2.05, 4.69) is 50.2 Å². The molecule has 0 aliphatic rings. The first-order valence-corrected chi connectivity index (χ1v) is 11.4. The van der Waals surface area contributed by atoms with Gasteiger partial charge in [0.2, 0.25) is 0 Å². The summed E-state index contributed by atoms with van der Waals surface area (Å²) in [5.74, 6) is 0.630. The Hall–Kier alpha value is -2.63. The molecule has 2 atom stereocenters. The topological polar surface area (TPSA) is 58.8 Å². The molecule has 2 aromatic carbocycles. The van der Waals surface area contributed by atoms with E-state index in [0.717, 1.165) is 24.0 Å².